The van der Waals surface area contributed by atoms with Gasteiger partial charge in [-0.25, -0.2) is 9.59 Å². The van der Waals surface area contributed by atoms with Crippen molar-refractivity contribution in [2.24, 2.45) is 0 Å². The summed E-state index contributed by atoms with van der Waals surface area (Å²) in [6.45, 7) is 1.05. The Morgan fingerprint density at radius 1 is 0.862 bits per heavy atom. The van der Waals surface area contributed by atoms with Crippen molar-refractivity contribution in [1.82, 2.24) is 0 Å². The molecule has 1 aliphatic rings. The second-order valence-electron chi connectivity index (χ2n) is 6.28. The van der Waals surface area contributed by atoms with Crippen molar-refractivity contribution < 1.29 is 33.3 Å². The first kappa shape index (κ1) is 20.1. The molecule has 0 amide bonds. The topological polar surface area (TPSA) is 88.1 Å². The van der Waals surface area contributed by atoms with Crippen molar-refractivity contribution >= 4 is 17.9 Å². The van der Waals surface area contributed by atoms with E-state index in [9.17, 15) is 14.4 Å². The van der Waals surface area contributed by atoms with E-state index in [0.717, 1.165) is 0 Å². The zero-order valence-corrected chi connectivity index (χ0v) is 15.7. The molecule has 7 heteroatoms. The molecule has 2 aromatic rings. The number of carbonyl (C=O) groups is 3. The van der Waals surface area contributed by atoms with E-state index < -0.39 is 36.2 Å². The maximum Gasteiger partial charge on any atom is 0.338 e. The third-order valence-corrected chi connectivity index (χ3v) is 4.15. The van der Waals surface area contributed by atoms with Gasteiger partial charge < -0.3 is 18.9 Å². The summed E-state index contributed by atoms with van der Waals surface area (Å²) in [7, 11) is 0. The summed E-state index contributed by atoms with van der Waals surface area (Å²) in [5.41, 5.74) is 0.746. The Morgan fingerprint density at radius 2 is 1.45 bits per heavy atom. The van der Waals surface area contributed by atoms with Crippen LogP contribution in [-0.4, -0.2) is 42.8 Å². The van der Waals surface area contributed by atoms with Crippen molar-refractivity contribution in [3.05, 3.63) is 84.1 Å². The standard InChI is InChI=1S/C22H20O7/c1-15(23)28-20-18(29-22(25)17-10-6-3-7-11-17)12-13-26-19(20)14-27-21(24)16-8-4-2-5-9-16/h2-13,18-20H,14H2,1H3/t18-,19-,20+/m1/s1. The first-order valence-corrected chi connectivity index (χ1v) is 9.02. The quantitative estimate of drug-likeness (QED) is 0.548. The van der Waals surface area contributed by atoms with Crippen LogP contribution in [0.1, 0.15) is 27.6 Å². The van der Waals surface area contributed by atoms with Crippen molar-refractivity contribution in [3.63, 3.8) is 0 Å². The SMILES string of the molecule is CC(=O)O[C@H]1[C@H](OC(=O)c2ccccc2)C=CO[C@@H]1COC(=O)c1ccccc1. The second-order valence-corrected chi connectivity index (χ2v) is 6.28. The first-order chi connectivity index (χ1) is 14.0. The lowest BCUT2D eigenvalue weighted by atomic mass is 10.1. The molecule has 0 aromatic heterocycles. The lowest BCUT2D eigenvalue weighted by Gasteiger charge is -2.33. The van der Waals surface area contributed by atoms with E-state index in [1.54, 1.807) is 60.7 Å². The van der Waals surface area contributed by atoms with Gasteiger partial charge >= 0.3 is 17.9 Å². The molecule has 0 unspecified atom stereocenters. The van der Waals surface area contributed by atoms with Gasteiger partial charge in [0.2, 0.25) is 0 Å². The Bertz CT molecular complexity index is 877. The number of ether oxygens (including phenoxy) is 4. The lowest BCUT2D eigenvalue weighted by molar-refractivity contribution is -0.165. The highest BCUT2D eigenvalue weighted by Crippen LogP contribution is 2.21. The van der Waals surface area contributed by atoms with Crippen LogP contribution in [0.2, 0.25) is 0 Å². The van der Waals surface area contributed by atoms with Crippen LogP contribution in [-0.2, 0) is 23.7 Å². The maximum atomic E-state index is 12.4. The number of benzene rings is 2. The lowest BCUT2D eigenvalue weighted by Crippen LogP contribution is -2.47. The van der Waals surface area contributed by atoms with Crippen LogP contribution in [0, 0.1) is 0 Å². The van der Waals surface area contributed by atoms with Gasteiger partial charge in [-0.15, -0.1) is 0 Å². The monoisotopic (exact) mass is 396 g/mol. The highest BCUT2D eigenvalue weighted by Gasteiger charge is 2.38. The number of rotatable bonds is 6. The van der Waals surface area contributed by atoms with Crippen LogP contribution in [0.25, 0.3) is 0 Å². The van der Waals surface area contributed by atoms with Gasteiger partial charge in [-0.3, -0.25) is 4.79 Å². The summed E-state index contributed by atoms with van der Waals surface area (Å²) < 4.78 is 21.6. The summed E-state index contributed by atoms with van der Waals surface area (Å²) in [4.78, 5) is 36.1. The zero-order chi connectivity index (χ0) is 20.6. The number of esters is 3. The van der Waals surface area contributed by atoms with E-state index in [1.165, 1.54) is 19.3 Å². The molecule has 0 fully saturated rings. The molecular formula is C22H20O7. The Kier molecular flexibility index (Phi) is 6.63. The van der Waals surface area contributed by atoms with Crippen LogP contribution in [0.3, 0.4) is 0 Å². The number of hydrogen-bond donors (Lipinski definition) is 0. The summed E-state index contributed by atoms with van der Waals surface area (Å²) >= 11 is 0. The van der Waals surface area contributed by atoms with E-state index in [4.69, 9.17) is 18.9 Å². The van der Waals surface area contributed by atoms with Crippen molar-refractivity contribution in [2.75, 3.05) is 6.61 Å². The fourth-order valence-electron chi connectivity index (χ4n) is 2.78. The van der Waals surface area contributed by atoms with Crippen molar-refractivity contribution in [3.8, 4) is 0 Å². The Morgan fingerprint density at radius 3 is 2.03 bits per heavy atom. The van der Waals surface area contributed by atoms with E-state index in [2.05, 4.69) is 0 Å². The van der Waals surface area contributed by atoms with Gasteiger partial charge in [-0.1, -0.05) is 36.4 Å². The third-order valence-electron chi connectivity index (χ3n) is 4.15. The minimum absolute atomic E-state index is 0.185. The highest BCUT2D eigenvalue weighted by atomic mass is 16.6. The highest BCUT2D eigenvalue weighted by molar-refractivity contribution is 5.90. The Balaban J connectivity index is 1.68. The number of carbonyl (C=O) groups excluding carboxylic acids is 3. The smallest absolute Gasteiger partial charge is 0.338 e. The van der Waals surface area contributed by atoms with Gasteiger partial charge in [-0.05, 0) is 30.3 Å². The molecule has 0 saturated carbocycles. The molecule has 3 rings (SSSR count). The van der Waals surface area contributed by atoms with Crippen LogP contribution in [0.15, 0.2) is 73.0 Å². The van der Waals surface area contributed by atoms with E-state index in [-0.39, 0.29) is 6.61 Å². The minimum Gasteiger partial charge on any atom is -0.491 e. The minimum atomic E-state index is -0.964. The van der Waals surface area contributed by atoms with Gasteiger partial charge in [0.25, 0.3) is 0 Å². The molecular weight excluding hydrogens is 376 g/mol. The normalized spacial score (nSPS) is 20.2. The molecule has 29 heavy (non-hydrogen) atoms. The van der Waals surface area contributed by atoms with E-state index in [1.807, 2.05) is 0 Å². The van der Waals surface area contributed by atoms with Crippen LogP contribution >= 0.6 is 0 Å². The Labute approximate surface area is 167 Å². The van der Waals surface area contributed by atoms with Gasteiger partial charge in [0.05, 0.1) is 17.4 Å². The molecule has 0 saturated heterocycles. The number of hydrogen-bond acceptors (Lipinski definition) is 7. The third kappa shape index (κ3) is 5.44. The molecule has 0 radical (unpaired) electrons. The van der Waals surface area contributed by atoms with Gasteiger partial charge in [0, 0.05) is 6.92 Å². The fourth-order valence-corrected chi connectivity index (χ4v) is 2.78. The van der Waals surface area contributed by atoms with Crippen molar-refractivity contribution in [2.45, 2.75) is 25.2 Å². The summed E-state index contributed by atoms with van der Waals surface area (Å²) in [5, 5.41) is 0. The first-order valence-electron chi connectivity index (χ1n) is 9.02. The Hall–Kier alpha value is -3.61. The predicted molar refractivity (Wildman–Crippen MR) is 102 cm³/mol. The van der Waals surface area contributed by atoms with Crippen LogP contribution in [0.5, 0.6) is 0 Å². The predicted octanol–water partition coefficient (Wildman–Crippen LogP) is 2.91. The molecule has 0 aliphatic carbocycles. The second kappa shape index (κ2) is 9.54. The fraction of sp³-hybridized carbons (Fsp3) is 0.227. The molecule has 3 atom stereocenters. The molecule has 0 spiro atoms. The largest absolute Gasteiger partial charge is 0.491 e. The van der Waals surface area contributed by atoms with Crippen LogP contribution < -0.4 is 0 Å². The molecule has 0 bridgehead atoms. The maximum absolute atomic E-state index is 12.4. The molecule has 1 aliphatic heterocycles. The van der Waals surface area contributed by atoms with Crippen molar-refractivity contribution in [1.29, 1.82) is 0 Å². The molecule has 1 heterocycles. The van der Waals surface area contributed by atoms with E-state index >= 15 is 0 Å². The molecule has 7 nitrogen and oxygen atoms in total. The van der Waals surface area contributed by atoms with Gasteiger partial charge in [0.15, 0.2) is 18.3 Å². The summed E-state index contributed by atoms with van der Waals surface area (Å²) in [6, 6.07) is 16.9. The summed E-state index contributed by atoms with van der Waals surface area (Å²) in [5.74, 6) is -1.68. The van der Waals surface area contributed by atoms with Gasteiger partial charge in [0.1, 0.15) is 6.61 Å². The average molecular weight is 396 g/mol. The van der Waals surface area contributed by atoms with Gasteiger partial charge in [-0.2, -0.15) is 0 Å². The average Bonchev–Trinajstić information content (AvgIpc) is 2.74. The van der Waals surface area contributed by atoms with E-state index in [0.29, 0.717) is 11.1 Å². The molecule has 0 N–H and O–H groups in total. The molecule has 150 valence electrons. The summed E-state index contributed by atoms with van der Waals surface area (Å²) in [6.07, 6.45) is 0.133. The zero-order valence-electron chi connectivity index (χ0n) is 15.7. The van der Waals surface area contributed by atoms with Crippen LogP contribution in [0.4, 0.5) is 0 Å². The molecule has 2 aromatic carbocycles.